The quantitative estimate of drug-likeness (QED) is 0.891. The van der Waals surface area contributed by atoms with E-state index in [-0.39, 0.29) is 12.1 Å². The molecule has 0 aliphatic carbocycles. The zero-order valence-corrected chi connectivity index (χ0v) is 11.5. The normalized spacial score (nSPS) is 23.8. The van der Waals surface area contributed by atoms with Crippen molar-refractivity contribution in [2.75, 3.05) is 19.7 Å². The molecule has 0 spiro atoms. The van der Waals surface area contributed by atoms with Crippen molar-refractivity contribution >= 4 is 11.3 Å². The molecule has 2 rings (SSSR count). The molecule has 0 bridgehead atoms. The maximum Gasteiger partial charge on any atom is 0.0850 e. The lowest BCUT2D eigenvalue weighted by Gasteiger charge is -2.34. The third-order valence-corrected chi connectivity index (χ3v) is 4.42. The van der Waals surface area contributed by atoms with Crippen LogP contribution in [0.2, 0.25) is 0 Å². The predicted molar refractivity (Wildman–Crippen MR) is 72.4 cm³/mol. The molecule has 0 saturated carbocycles. The van der Waals surface area contributed by atoms with Gasteiger partial charge < -0.3 is 10.5 Å². The number of nitrogens with zero attached hydrogens (tertiary/aromatic N) is 1. The summed E-state index contributed by atoms with van der Waals surface area (Å²) < 4.78 is 5.67. The fraction of sp³-hybridized carbons (Fsp3) is 0.692. The van der Waals surface area contributed by atoms with E-state index in [2.05, 4.69) is 24.0 Å². The fourth-order valence-electron chi connectivity index (χ4n) is 2.11. The van der Waals surface area contributed by atoms with E-state index in [1.807, 2.05) is 18.3 Å². The van der Waals surface area contributed by atoms with E-state index >= 15 is 0 Å². The second-order valence-electron chi connectivity index (χ2n) is 4.73. The molecule has 17 heavy (non-hydrogen) atoms. The van der Waals surface area contributed by atoms with Gasteiger partial charge in [-0.25, -0.2) is 0 Å². The molecule has 1 saturated heterocycles. The lowest BCUT2D eigenvalue weighted by Crippen LogP contribution is -2.49. The second-order valence-corrected chi connectivity index (χ2v) is 5.98. The van der Waals surface area contributed by atoms with Crippen LogP contribution < -0.4 is 5.73 Å². The Morgan fingerprint density at radius 1 is 1.53 bits per heavy atom. The highest BCUT2D eigenvalue weighted by Gasteiger charge is 2.23. The lowest BCUT2D eigenvalue weighted by atomic mass is 10.1. The maximum atomic E-state index is 5.90. The molecule has 1 aliphatic rings. The molecule has 0 amide bonds. The standard InChI is InChI=1S/C13H22N2OS/c1-3-11-4-5-12(17-11)8-15-6-7-16-13(9-15)10(2)14/h4-5,10,13H,3,6-9,14H2,1-2H3. The van der Waals surface area contributed by atoms with Gasteiger partial charge in [-0.3, -0.25) is 4.90 Å². The average molecular weight is 254 g/mol. The Morgan fingerprint density at radius 3 is 2.94 bits per heavy atom. The SMILES string of the molecule is CCc1ccc(CN2CCOC(C(C)N)C2)s1. The van der Waals surface area contributed by atoms with Crippen LogP contribution in [0.1, 0.15) is 23.6 Å². The largest absolute Gasteiger partial charge is 0.374 e. The van der Waals surface area contributed by atoms with Crippen molar-refractivity contribution in [3.63, 3.8) is 0 Å². The molecular formula is C13H22N2OS. The third kappa shape index (κ3) is 3.52. The second kappa shape index (κ2) is 5.96. The average Bonchev–Trinajstić information content (AvgIpc) is 2.77. The first-order valence-corrected chi connectivity index (χ1v) is 7.17. The number of nitrogens with two attached hydrogens (primary N) is 1. The molecule has 96 valence electrons. The van der Waals surface area contributed by atoms with E-state index in [1.54, 1.807) is 0 Å². The summed E-state index contributed by atoms with van der Waals surface area (Å²) in [5, 5.41) is 0. The zero-order chi connectivity index (χ0) is 12.3. The molecule has 1 aliphatic heterocycles. The van der Waals surface area contributed by atoms with Crippen molar-refractivity contribution in [3.05, 3.63) is 21.9 Å². The van der Waals surface area contributed by atoms with Crippen molar-refractivity contribution in [2.24, 2.45) is 5.73 Å². The molecule has 4 heteroatoms. The van der Waals surface area contributed by atoms with Gasteiger partial charge in [0, 0.05) is 35.4 Å². The Hall–Kier alpha value is -0.420. The first-order chi connectivity index (χ1) is 8.19. The summed E-state index contributed by atoms with van der Waals surface area (Å²) in [5.74, 6) is 0. The van der Waals surface area contributed by atoms with Gasteiger partial charge in [0.25, 0.3) is 0 Å². The van der Waals surface area contributed by atoms with E-state index in [4.69, 9.17) is 10.5 Å². The molecule has 0 aromatic carbocycles. The van der Waals surface area contributed by atoms with Crippen LogP contribution in [-0.4, -0.2) is 36.7 Å². The third-order valence-electron chi connectivity index (χ3n) is 3.21. The van der Waals surface area contributed by atoms with Crippen LogP contribution in [-0.2, 0) is 17.7 Å². The smallest absolute Gasteiger partial charge is 0.0850 e. The van der Waals surface area contributed by atoms with E-state index in [0.717, 1.165) is 32.7 Å². The molecule has 2 N–H and O–H groups in total. The van der Waals surface area contributed by atoms with Crippen molar-refractivity contribution in [2.45, 2.75) is 39.0 Å². The van der Waals surface area contributed by atoms with E-state index in [1.165, 1.54) is 9.75 Å². The molecule has 1 aromatic rings. The van der Waals surface area contributed by atoms with Gasteiger partial charge in [-0.1, -0.05) is 6.92 Å². The summed E-state index contributed by atoms with van der Waals surface area (Å²) in [7, 11) is 0. The number of rotatable bonds is 4. The number of aryl methyl sites for hydroxylation is 1. The number of hydrogen-bond acceptors (Lipinski definition) is 4. The molecule has 0 radical (unpaired) electrons. The van der Waals surface area contributed by atoms with Gasteiger partial charge in [-0.15, -0.1) is 11.3 Å². The summed E-state index contributed by atoms with van der Waals surface area (Å²) in [6.07, 6.45) is 1.32. The van der Waals surface area contributed by atoms with Gasteiger partial charge in [0.2, 0.25) is 0 Å². The van der Waals surface area contributed by atoms with Crippen molar-refractivity contribution in [1.29, 1.82) is 0 Å². The van der Waals surface area contributed by atoms with Gasteiger partial charge >= 0.3 is 0 Å². The molecule has 1 fully saturated rings. The van der Waals surface area contributed by atoms with Crippen LogP contribution in [0.15, 0.2) is 12.1 Å². The van der Waals surface area contributed by atoms with E-state index in [9.17, 15) is 0 Å². The molecule has 2 heterocycles. The van der Waals surface area contributed by atoms with E-state index < -0.39 is 0 Å². The van der Waals surface area contributed by atoms with Crippen LogP contribution in [0.25, 0.3) is 0 Å². The summed E-state index contributed by atoms with van der Waals surface area (Å²) in [5.41, 5.74) is 5.90. The number of hydrogen-bond donors (Lipinski definition) is 1. The summed E-state index contributed by atoms with van der Waals surface area (Å²) in [6, 6.07) is 4.61. The van der Waals surface area contributed by atoms with Gasteiger partial charge in [-0.2, -0.15) is 0 Å². The predicted octanol–water partition coefficient (Wildman–Crippen LogP) is 1.86. The lowest BCUT2D eigenvalue weighted by molar-refractivity contribution is -0.0400. The van der Waals surface area contributed by atoms with Gasteiger partial charge in [0.1, 0.15) is 0 Å². The highest BCUT2D eigenvalue weighted by atomic mass is 32.1. The fourth-order valence-corrected chi connectivity index (χ4v) is 3.11. The highest BCUT2D eigenvalue weighted by Crippen LogP contribution is 2.20. The van der Waals surface area contributed by atoms with Crippen LogP contribution >= 0.6 is 11.3 Å². The van der Waals surface area contributed by atoms with Gasteiger partial charge in [0.05, 0.1) is 12.7 Å². The monoisotopic (exact) mass is 254 g/mol. The first-order valence-electron chi connectivity index (χ1n) is 6.36. The van der Waals surface area contributed by atoms with Gasteiger partial charge in [-0.05, 0) is 25.5 Å². The molecular weight excluding hydrogens is 232 g/mol. The van der Waals surface area contributed by atoms with E-state index in [0.29, 0.717) is 0 Å². The Kier molecular flexibility index (Phi) is 4.56. The first kappa shape index (κ1) is 13.0. The Morgan fingerprint density at radius 2 is 2.29 bits per heavy atom. The summed E-state index contributed by atoms with van der Waals surface area (Å²) in [4.78, 5) is 5.37. The van der Waals surface area contributed by atoms with Crippen LogP contribution in [0.5, 0.6) is 0 Å². The van der Waals surface area contributed by atoms with Crippen molar-refractivity contribution in [1.82, 2.24) is 4.90 Å². The zero-order valence-electron chi connectivity index (χ0n) is 10.7. The van der Waals surface area contributed by atoms with Crippen molar-refractivity contribution in [3.8, 4) is 0 Å². The minimum absolute atomic E-state index is 0.118. The Labute approximate surface area is 108 Å². The van der Waals surface area contributed by atoms with Crippen LogP contribution in [0.3, 0.4) is 0 Å². The van der Waals surface area contributed by atoms with Crippen molar-refractivity contribution < 1.29 is 4.74 Å². The van der Waals surface area contributed by atoms with Crippen LogP contribution in [0, 0.1) is 0 Å². The number of thiophene rings is 1. The minimum atomic E-state index is 0.118. The topological polar surface area (TPSA) is 38.5 Å². The molecule has 1 aromatic heterocycles. The maximum absolute atomic E-state index is 5.90. The summed E-state index contributed by atoms with van der Waals surface area (Å²) in [6.45, 7) is 8.04. The Bertz CT molecular complexity index is 351. The number of morpholine rings is 1. The summed E-state index contributed by atoms with van der Waals surface area (Å²) >= 11 is 1.92. The number of ether oxygens (including phenoxy) is 1. The van der Waals surface area contributed by atoms with Gasteiger partial charge in [0.15, 0.2) is 0 Å². The minimum Gasteiger partial charge on any atom is -0.374 e. The molecule has 2 atom stereocenters. The highest BCUT2D eigenvalue weighted by molar-refractivity contribution is 7.11. The molecule has 2 unspecified atom stereocenters. The van der Waals surface area contributed by atoms with Crippen LogP contribution in [0.4, 0.5) is 0 Å². The molecule has 3 nitrogen and oxygen atoms in total. The Balaban J connectivity index is 1.90.